The van der Waals surface area contributed by atoms with Crippen molar-refractivity contribution in [1.82, 2.24) is 4.98 Å². The van der Waals surface area contributed by atoms with Crippen molar-refractivity contribution < 1.29 is 9.21 Å². The number of hydrogen-bond donors (Lipinski definition) is 0. The second-order valence-corrected chi connectivity index (χ2v) is 8.77. The van der Waals surface area contributed by atoms with Crippen molar-refractivity contribution in [2.45, 2.75) is 20.4 Å². The number of carbonyl (C=O) groups is 1. The molecule has 0 bridgehead atoms. The van der Waals surface area contributed by atoms with Crippen molar-refractivity contribution >= 4 is 32.6 Å². The Bertz CT molecular complexity index is 1370. The molecule has 5 heteroatoms. The van der Waals surface area contributed by atoms with E-state index in [-0.39, 0.29) is 5.91 Å². The van der Waals surface area contributed by atoms with Crippen molar-refractivity contribution in [2.75, 3.05) is 4.90 Å². The molecule has 2 aromatic heterocycles. The highest BCUT2D eigenvalue weighted by molar-refractivity contribution is 7.22. The summed E-state index contributed by atoms with van der Waals surface area (Å²) in [6, 6.07) is 25.7. The number of carbonyl (C=O) groups excluding carboxylic acids is 1. The van der Waals surface area contributed by atoms with Gasteiger partial charge in [0.05, 0.1) is 23.0 Å². The minimum absolute atomic E-state index is 0.102. The molecule has 0 unspecified atom stereocenters. The van der Waals surface area contributed by atoms with Crippen LogP contribution in [0.1, 0.15) is 27.2 Å². The Morgan fingerprint density at radius 1 is 0.906 bits per heavy atom. The Kier molecular flexibility index (Phi) is 5.33. The van der Waals surface area contributed by atoms with Crippen LogP contribution < -0.4 is 4.90 Å². The predicted molar refractivity (Wildman–Crippen MR) is 130 cm³/mol. The first-order valence-corrected chi connectivity index (χ1v) is 11.3. The first-order chi connectivity index (χ1) is 15.6. The number of furan rings is 1. The second-order valence-electron chi connectivity index (χ2n) is 7.76. The van der Waals surface area contributed by atoms with Gasteiger partial charge < -0.3 is 4.42 Å². The summed E-state index contributed by atoms with van der Waals surface area (Å²) in [5.74, 6) is 0.612. The van der Waals surface area contributed by atoms with E-state index in [2.05, 4.69) is 38.1 Å². The Balaban J connectivity index is 1.52. The number of rotatable bonds is 5. The van der Waals surface area contributed by atoms with Crippen LogP contribution in [0.25, 0.3) is 21.3 Å². The van der Waals surface area contributed by atoms with E-state index in [9.17, 15) is 4.79 Å². The summed E-state index contributed by atoms with van der Waals surface area (Å²) in [6.45, 7) is 4.47. The van der Waals surface area contributed by atoms with E-state index in [1.807, 2.05) is 54.6 Å². The molecule has 5 rings (SSSR count). The van der Waals surface area contributed by atoms with Crippen LogP contribution in [0.4, 0.5) is 5.13 Å². The average molecular weight is 439 g/mol. The van der Waals surface area contributed by atoms with E-state index in [4.69, 9.17) is 9.40 Å². The lowest BCUT2D eigenvalue weighted by Crippen LogP contribution is -2.30. The highest BCUT2D eigenvalue weighted by atomic mass is 32.1. The fourth-order valence-corrected chi connectivity index (χ4v) is 4.73. The molecule has 4 nitrogen and oxygen atoms in total. The lowest BCUT2D eigenvalue weighted by molar-refractivity contribution is 0.0983. The second kappa shape index (κ2) is 8.44. The first kappa shape index (κ1) is 20.2. The summed E-state index contributed by atoms with van der Waals surface area (Å²) >= 11 is 1.53. The third-order valence-electron chi connectivity index (χ3n) is 5.68. The monoisotopic (exact) mass is 438 g/mol. The molecule has 32 heavy (non-hydrogen) atoms. The molecule has 158 valence electrons. The summed E-state index contributed by atoms with van der Waals surface area (Å²) in [4.78, 5) is 20.2. The van der Waals surface area contributed by atoms with Gasteiger partial charge in [-0.3, -0.25) is 9.69 Å². The van der Waals surface area contributed by atoms with Gasteiger partial charge >= 0.3 is 0 Å². The van der Waals surface area contributed by atoms with E-state index < -0.39 is 0 Å². The smallest absolute Gasteiger partial charge is 0.260 e. The van der Waals surface area contributed by atoms with Crippen molar-refractivity contribution in [3.8, 4) is 11.1 Å². The molecule has 0 aliphatic carbocycles. The zero-order valence-electron chi connectivity index (χ0n) is 17.9. The molecule has 0 N–H and O–H groups in total. The zero-order valence-corrected chi connectivity index (χ0v) is 18.7. The zero-order chi connectivity index (χ0) is 22.1. The van der Waals surface area contributed by atoms with Gasteiger partial charge in [0, 0.05) is 5.56 Å². The number of amides is 1. The van der Waals surface area contributed by atoms with Gasteiger partial charge in [0.2, 0.25) is 0 Å². The maximum absolute atomic E-state index is 13.6. The van der Waals surface area contributed by atoms with Crippen LogP contribution >= 0.6 is 11.3 Å². The minimum Gasteiger partial charge on any atom is -0.467 e. The number of fused-ring (bicyclic) bond motifs is 1. The van der Waals surface area contributed by atoms with Gasteiger partial charge in [-0.25, -0.2) is 4.98 Å². The van der Waals surface area contributed by atoms with Gasteiger partial charge in [-0.15, -0.1) is 0 Å². The van der Waals surface area contributed by atoms with Crippen LogP contribution in [0.2, 0.25) is 0 Å². The Hall–Kier alpha value is -3.70. The molecule has 0 radical (unpaired) electrons. The normalized spacial score (nSPS) is 11.1. The number of anilines is 1. The molecule has 0 spiro atoms. The molecule has 5 aromatic rings. The molecule has 3 aromatic carbocycles. The molecule has 1 amide bonds. The number of nitrogens with zero attached hydrogens (tertiary/aromatic N) is 2. The Morgan fingerprint density at radius 3 is 2.38 bits per heavy atom. The SMILES string of the molecule is Cc1ccc2sc(N(Cc3ccco3)C(=O)c3ccc(-c4ccccc4)cc3)nc2c1C. The molecule has 0 saturated heterocycles. The van der Waals surface area contributed by atoms with Gasteiger partial charge in [0.15, 0.2) is 5.13 Å². The third-order valence-corrected chi connectivity index (χ3v) is 6.73. The van der Waals surface area contributed by atoms with E-state index in [0.29, 0.717) is 23.0 Å². The van der Waals surface area contributed by atoms with Crippen molar-refractivity contribution in [2.24, 2.45) is 0 Å². The van der Waals surface area contributed by atoms with Gasteiger partial charge in [-0.2, -0.15) is 0 Å². The molecule has 0 atom stereocenters. The summed E-state index contributed by atoms with van der Waals surface area (Å²) in [7, 11) is 0. The minimum atomic E-state index is -0.102. The van der Waals surface area contributed by atoms with E-state index >= 15 is 0 Å². The topological polar surface area (TPSA) is 46.3 Å². The van der Waals surface area contributed by atoms with Crippen molar-refractivity contribution in [1.29, 1.82) is 0 Å². The highest BCUT2D eigenvalue weighted by Gasteiger charge is 2.23. The van der Waals surface area contributed by atoms with Gasteiger partial charge in [-0.1, -0.05) is 59.9 Å². The predicted octanol–water partition coefficient (Wildman–Crippen LogP) is 7.02. The summed E-state index contributed by atoms with van der Waals surface area (Å²) in [6.07, 6.45) is 1.62. The summed E-state index contributed by atoms with van der Waals surface area (Å²) in [5, 5.41) is 0.669. The van der Waals surface area contributed by atoms with Gasteiger partial charge in [0.25, 0.3) is 5.91 Å². The number of aryl methyl sites for hydroxylation is 2. The quantitative estimate of drug-likeness (QED) is 0.296. The lowest BCUT2D eigenvalue weighted by Gasteiger charge is -2.19. The lowest BCUT2D eigenvalue weighted by atomic mass is 10.0. The largest absolute Gasteiger partial charge is 0.467 e. The molecule has 2 heterocycles. The molecule has 0 fully saturated rings. The number of hydrogen-bond acceptors (Lipinski definition) is 4. The maximum Gasteiger partial charge on any atom is 0.260 e. The van der Waals surface area contributed by atoms with Crippen LogP contribution in [0, 0.1) is 13.8 Å². The van der Waals surface area contributed by atoms with Crippen LogP contribution in [0.15, 0.2) is 89.5 Å². The molecular formula is C27H22N2O2S. The Morgan fingerprint density at radius 2 is 1.66 bits per heavy atom. The van der Waals surface area contributed by atoms with E-state index in [0.717, 1.165) is 26.9 Å². The summed E-state index contributed by atoms with van der Waals surface area (Å²) in [5.41, 5.74) is 6.09. The van der Waals surface area contributed by atoms with Crippen LogP contribution in [0.5, 0.6) is 0 Å². The molecule has 0 aliphatic rings. The fraction of sp³-hybridized carbons (Fsp3) is 0.111. The third kappa shape index (κ3) is 3.83. The van der Waals surface area contributed by atoms with Crippen LogP contribution in [0.3, 0.4) is 0 Å². The van der Waals surface area contributed by atoms with E-state index in [1.165, 1.54) is 16.9 Å². The summed E-state index contributed by atoms with van der Waals surface area (Å²) < 4.78 is 6.62. The number of thiazole rings is 1. The van der Waals surface area contributed by atoms with Gasteiger partial charge in [0.1, 0.15) is 5.76 Å². The average Bonchev–Trinajstić information content (AvgIpc) is 3.50. The van der Waals surface area contributed by atoms with Gasteiger partial charge in [-0.05, 0) is 66.4 Å². The van der Waals surface area contributed by atoms with Crippen LogP contribution in [-0.2, 0) is 6.54 Å². The highest BCUT2D eigenvalue weighted by Crippen LogP contribution is 2.33. The molecule has 0 saturated carbocycles. The Labute approximate surface area is 190 Å². The standard InChI is InChI=1S/C27H22N2O2S/c1-18-10-15-24-25(19(18)2)28-27(32-24)29(17-23-9-6-16-31-23)26(30)22-13-11-21(12-14-22)20-7-4-3-5-8-20/h3-16H,17H2,1-2H3. The van der Waals surface area contributed by atoms with Crippen LogP contribution in [-0.4, -0.2) is 10.9 Å². The first-order valence-electron chi connectivity index (χ1n) is 10.5. The van der Waals surface area contributed by atoms with Crippen molar-refractivity contribution in [3.05, 3.63) is 108 Å². The van der Waals surface area contributed by atoms with E-state index in [1.54, 1.807) is 11.2 Å². The number of aromatic nitrogens is 1. The fourth-order valence-electron chi connectivity index (χ4n) is 3.71. The molecular weight excluding hydrogens is 416 g/mol. The number of benzene rings is 3. The maximum atomic E-state index is 13.6. The molecule has 0 aliphatic heterocycles. The van der Waals surface area contributed by atoms with Crippen molar-refractivity contribution in [3.63, 3.8) is 0 Å².